The standard InChI is InChI=1S/C24H32ClN3O4/c1-24(2,3)32-23(30)27(4)15-17-6-5-13-28(16-17)22(29)12-11-21-26-14-20(31-21)18-7-9-19(25)10-8-18/h7-10,14,17H,5-6,11-13,15-16H2,1-4H3. The smallest absolute Gasteiger partial charge is 0.410 e. The summed E-state index contributed by atoms with van der Waals surface area (Å²) >= 11 is 5.93. The van der Waals surface area contributed by atoms with Gasteiger partial charge in [0.05, 0.1) is 6.20 Å². The van der Waals surface area contributed by atoms with Crippen molar-refractivity contribution in [1.29, 1.82) is 0 Å². The minimum atomic E-state index is -0.521. The molecule has 1 aliphatic rings. The summed E-state index contributed by atoms with van der Waals surface area (Å²) in [4.78, 5) is 32.8. The predicted molar refractivity (Wildman–Crippen MR) is 123 cm³/mol. The van der Waals surface area contributed by atoms with Crippen molar-refractivity contribution in [3.63, 3.8) is 0 Å². The van der Waals surface area contributed by atoms with Crippen LogP contribution in [-0.2, 0) is 16.0 Å². The summed E-state index contributed by atoms with van der Waals surface area (Å²) in [6.07, 6.45) is 4.05. The van der Waals surface area contributed by atoms with Crippen molar-refractivity contribution >= 4 is 23.6 Å². The number of amides is 2. The number of hydrogen-bond acceptors (Lipinski definition) is 5. The third-order valence-corrected chi connectivity index (χ3v) is 5.60. The van der Waals surface area contributed by atoms with Gasteiger partial charge in [-0.1, -0.05) is 11.6 Å². The number of ether oxygens (including phenoxy) is 1. The Morgan fingerprint density at radius 3 is 2.69 bits per heavy atom. The van der Waals surface area contributed by atoms with E-state index in [1.54, 1.807) is 30.3 Å². The van der Waals surface area contributed by atoms with Crippen molar-refractivity contribution in [3.8, 4) is 11.3 Å². The lowest BCUT2D eigenvalue weighted by molar-refractivity contribution is -0.133. The Balaban J connectivity index is 1.48. The van der Waals surface area contributed by atoms with Crippen LogP contribution in [0.3, 0.4) is 0 Å². The Bertz CT molecular complexity index is 920. The number of nitrogens with zero attached hydrogens (tertiary/aromatic N) is 3. The second-order valence-corrected chi connectivity index (χ2v) is 9.77. The zero-order valence-corrected chi connectivity index (χ0v) is 20.0. The number of halogens is 1. The highest BCUT2D eigenvalue weighted by Crippen LogP contribution is 2.23. The molecule has 1 atom stereocenters. The summed E-state index contributed by atoms with van der Waals surface area (Å²) < 4.78 is 11.2. The first-order valence-electron chi connectivity index (χ1n) is 11.0. The van der Waals surface area contributed by atoms with E-state index in [4.69, 9.17) is 20.8 Å². The van der Waals surface area contributed by atoms with E-state index in [0.29, 0.717) is 42.6 Å². The predicted octanol–water partition coefficient (Wildman–Crippen LogP) is 5.03. The summed E-state index contributed by atoms with van der Waals surface area (Å²) in [6.45, 7) is 7.52. The SMILES string of the molecule is CN(CC1CCCN(C(=O)CCc2ncc(-c3ccc(Cl)cc3)o2)C1)C(=O)OC(C)(C)C. The van der Waals surface area contributed by atoms with Crippen LogP contribution in [0.5, 0.6) is 0 Å². The molecular weight excluding hydrogens is 430 g/mol. The molecule has 0 saturated carbocycles. The third kappa shape index (κ3) is 6.99. The van der Waals surface area contributed by atoms with Gasteiger partial charge in [-0.25, -0.2) is 9.78 Å². The van der Waals surface area contributed by atoms with Gasteiger partial charge in [-0.2, -0.15) is 0 Å². The molecule has 7 nitrogen and oxygen atoms in total. The number of carbonyl (C=O) groups is 2. The molecule has 2 heterocycles. The first-order chi connectivity index (χ1) is 15.1. The van der Waals surface area contributed by atoms with Crippen LogP contribution in [0.4, 0.5) is 4.79 Å². The maximum absolute atomic E-state index is 12.8. The molecule has 8 heteroatoms. The highest BCUT2D eigenvalue weighted by Gasteiger charge is 2.27. The summed E-state index contributed by atoms with van der Waals surface area (Å²) in [7, 11) is 1.75. The summed E-state index contributed by atoms with van der Waals surface area (Å²) in [5.74, 6) is 1.53. The van der Waals surface area contributed by atoms with Gasteiger partial charge in [-0.3, -0.25) is 4.79 Å². The van der Waals surface area contributed by atoms with Crippen LogP contribution in [0.1, 0.15) is 45.9 Å². The molecule has 1 unspecified atom stereocenters. The lowest BCUT2D eigenvalue weighted by atomic mass is 9.97. The van der Waals surface area contributed by atoms with Crippen LogP contribution in [0, 0.1) is 5.92 Å². The molecule has 32 heavy (non-hydrogen) atoms. The van der Waals surface area contributed by atoms with Crippen LogP contribution < -0.4 is 0 Å². The summed E-state index contributed by atoms with van der Waals surface area (Å²) in [5.41, 5.74) is 0.375. The third-order valence-electron chi connectivity index (χ3n) is 5.34. The van der Waals surface area contributed by atoms with E-state index in [1.807, 2.05) is 37.8 Å². The molecule has 1 saturated heterocycles. The number of benzene rings is 1. The zero-order chi connectivity index (χ0) is 23.3. The van der Waals surface area contributed by atoms with Gasteiger partial charge in [0.2, 0.25) is 5.91 Å². The van der Waals surface area contributed by atoms with Gasteiger partial charge in [0.25, 0.3) is 0 Å². The highest BCUT2D eigenvalue weighted by molar-refractivity contribution is 6.30. The molecule has 1 aromatic carbocycles. The first kappa shape index (κ1) is 24.1. The molecular formula is C24H32ClN3O4. The second kappa shape index (κ2) is 10.4. The van der Waals surface area contributed by atoms with Gasteiger partial charge in [-0.15, -0.1) is 0 Å². The summed E-state index contributed by atoms with van der Waals surface area (Å²) in [5, 5.41) is 0.663. The summed E-state index contributed by atoms with van der Waals surface area (Å²) in [6, 6.07) is 7.35. The van der Waals surface area contributed by atoms with Crippen molar-refractivity contribution in [2.24, 2.45) is 5.92 Å². The normalized spacial score (nSPS) is 16.7. The molecule has 0 aliphatic carbocycles. The molecule has 174 valence electrons. The van der Waals surface area contributed by atoms with Crippen molar-refractivity contribution < 1.29 is 18.7 Å². The van der Waals surface area contributed by atoms with Crippen molar-refractivity contribution in [3.05, 3.63) is 41.4 Å². The molecule has 0 spiro atoms. The molecule has 1 aliphatic heterocycles. The molecule has 3 rings (SSSR count). The number of aryl methyl sites for hydroxylation is 1. The molecule has 1 fully saturated rings. The lowest BCUT2D eigenvalue weighted by Gasteiger charge is -2.35. The monoisotopic (exact) mass is 461 g/mol. The maximum atomic E-state index is 12.8. The van der Waals surface area contributed by atoms with Gasteiger partial charge < -0.3 is 19.0 Å². The van der Waals surface area contributed by atoms with E-state index in [9.17, 15) is 9.59 Å². The van der Waals surface area contributed by atoms with Crippen LogP contribution >= 0.6 is 11.6 Å². The Kier molecular flexibility index (Phi) is 7.82. The molecule has 0 N–H and O–H groups in total. The average molecular weight is 462 g/mol. The van der Waals surface area contributed by atoms with E-state index in [-0.39, 0.29) is 17.9 Å². The Morgan fingerprint density at radius 2 is 2.00 bits per heavy atom. The van der Waals surface area contributed by atoms with Gasteiger partial charge >= 0.3 is 6.09 Å². The molecule has 2 amide bonds. The number of rotatable bonds is 6. The van der Waals surface area contributed by atoms with Crippen LogP contribution in [-0.4, -0.2) is 59.1 Å². The van der Waals surface area contributed by atoms with Gasteiger partial charge in [0.1, 0.15) is 5.60 Å². The molecule has 1 aromatic heterocycles. The Hall–Kier alpha value is -2.54. The zero-order valence-electron chi connectivity index (χ0n) is 19.3. The molecule has 2 aromatic rings. The van der Waals surface area contributed by atoms with E-state index in [1.165, 1.54) is 0 Å². The maximum Gasteiger partial charge on any atom is 0.410 e. The lowest BCUT2D eigenvalue weighted by Crippen LogP contribution is -2.45. The number of hydrogen-bond donors (Lipinski definition) is 0. The van der Waals surface area contributed by atoms with Crippen molar-refractivity contribution in [2.75, 3.05) is 26.7 Å². The number of oxazole rings is 1. The average Bonchev–Trinajstić information content (AvgIpc) is 3.20. The minimum absolute atomic E-state index is 0.0841. The fourth-order valence-electron chi connectivity index (χ4n) is 3.79. The van der Waals surface area contributed by atoms with E-state index in [2.05, 4.69) is 4.98 Å². The largest absolute Gasteiger partial charge is 0.444 e. The van der Waals surface area contributed by atoms with Crippen LogP contribution in [0.25, 0.3) is 11.3 Å². The van der Waals surface area contributed by atoms with Crippen molar-refractivity contribution in [1.82, 2.24) is 14.8 Å². The number of carbonyl (C=O) groups excluding carboxylic acids is 2. The number of aromatic nitrogens is 1. The van der Waals surface area contributed by atoms with E-state index < -0.39 is 5.60 Å². The molecule has 0 radical (unpaired) electrons. The van der Waals surface area contributed by atoms with Crippen LogP contribution in [0.15, 0.2) is 34.9 Å². The Morgan fingerprint density at radius 1 is 1.28 bits per heavy atom. The quantitative estimate of drug-likeness (QED) is 0.602. The van der Waals surface area contributed by atoms with Crippen LogP contribution in [0.2, 0.25) is 5.02 Å². The van der Waals surface area contributed by atoms with Crippen molar-refractivity contribution in [2.45, 2.75) is 52.1 Å². The minimum Gasteiger partial charge on any atom is -0.444 e. The van der Waals surface area contributed by atoms with E-state index in [0.717, 1.165) is 24.9 Å². The fraction of sp³-hybridized carbons (Fsp3) is 0.542. The number of piperidine rings is 1. The first-order valence-corrected chi connectivity index (χ1v) is 11.4. The topological polar surface area (TPSA) is 75.9 Å². The second-order valence-electron chi connectivity index (χ2n) is 9.33. The van der Waals surface area contributed by atoms with Gasteiger partial charge in [0, 0.05) is 50.1 Å². The Labute approximate surface area is 194 Å². The van der Waals surface area contributed by atoms with Gasteiger partial charge in [0.15, 0.2) is 11.7 Å². The van der Waals surface area contributed by atoms with Gasteiger partial charge in [-0.05, 0) is 63.8 Å². The fourth-order valence-corrected chi connectivity index (χ4v) is 3.91. The molecule has 0 bridgehead atoms. The number of likely N-dealkylation sites (tertiary alicyclic amines) is 1. The van der Waals surface area contributed by atoms with E-state index >= 15 is 0 Å². The highest BCUT2D eigenvalue weighted by atomic mass is 35.5.